The van der Waals surface area contributed by atoms with Gasteiger partial charge in [0.2, 0.25) is 0 Å². The average Bonchev–Trinajstić information content (AvgIpc) is 2.52. The van der Waals surface area contributed by atoms with E-state index in [1.54, 1.807) is 6.08 Å². The van der Waals surface area contributed by atoms with Gasteiger partial charge in [-0.2, -0.15) is 0 Å². The Kier molecular flexibility index (Phi) is 9.19. The molecule has 0 saturated carbocycles. The average molecular weight is 317 g/mol. The molecule has 0 fully saturated rings. The Morgan fingerprint density at radius 2 is 1.64 bits per heavy atom. The van der Waals surface area contributed by atoms with Gasteiger partial charge in [0.25, 0.3) is 0 Å². The van der Waals surface area contributed by atoms with Crippen LogP contribution in [0.3, 0.4) is 0 Å². The maximum atomic E-state index is 11.1. The summed E-state index contributed by atoms with van der Waals surface area (Å²) in [7, 11) is 0. The normalized spacial score (nSPS) is 12.2. The molecule has 0 N–H and O–H groups in total. The van der Waals surface area contributed by atoms with Crippen molar-refractivity contribution in [2.75, 3.05) is 0 Å². The first-order valence-electron chi connectivity index (χ1n) is 6.75. The first-order valence-corrected chi connectivity index (χ1v) is 6.75. The van der Waals surface area contributed by atoms with Gasteiger partial charge >= 0.3 is 51.4 Å². The summed E-state index contributed by atoms with van der Waals surface area (Å²) in [5, 5.41) is 11.1. The Balaban J connectivity index is 0.00000242. The standard InChI is InChI=1S/C18H17NO2.K/c20-18(21)17(14-16-10-5-2-6-11-16)19-13-7-12-15-8-3-1-4-9-15;/h1-13,17H,14H2,(H,20,21);/q;+1/p-1/b12-7+,19-13?;. The molecule has 0 bridgehead atoms. The summed E-state index contributed by atoms with van der Waals surface area (Å²) in [6.45, 7) is 0. The molecule has 0 spiro atoms. The number of carbonyl (C=O) groups is 1. The van der Waals surface area contributed by atoms with Crippen LogP contribution >= 0.6 is 0 Å². The van der Waals surface area contributed by atoms with Gasteiger partial charge in [-0.1, -0.05) is 66.7 Å². The SMILES string of the molecule is O=C([O-])C(Cc1ccccc1)N=C/C=C/c1ccccc1.[K+]. The Bertz CT molecular complexity index is 624. The molecule has 1 unspecified atom stereocenters. The second-order valence-electron chi connectivity index (χ2n) is 4.59. The van der Waals surface area contributed by atoms with E-state index < -0.39 is 12.0 Å². The molecule has 0 aliphatic carbocycles. The topological polar surface area (TPSA) is 52.5 Å². The third-order valence-corrected chi connectivity index (χ3v) is 2.98. The molecular formula is C18H16KNO2. The van der Waals surface area contributed by atoms with Crippen LogP contribution < -0.4 is 56.5 Å². The molecule has 106 valence electrons. The van der Waals surface area contributed by atoms with Crippen LogP contribution in [0.1, 0.15) is 11.1 Å². The molecule has 1 atom stereocenters. The fourth-order valence-corrected chi connectivity index (χ4v) is 1.91. The number of carbonyl (C=O) groups excluding carboxylic acids is 1. The third kappa shape index (κ3) is 6.81. The van der Waals surface area contributed by atoms with Crippen molar-refractivity contribution in [1.29, 1.82) is 0 Å². The largest absolute Gasteiger partial charge is 1.00 e. The molecule has 0 aliphatic heterocycles. The minimum absolute atomic E-state index is 0. The zero-order chi connectivity index (χ0) is 14.9. The number of benzene rings is 2. The van der Waals surface area contributed by atoms with Crippen LogP contribution in [0.4, 0.5) is 0 Å². The van der Waals surface area contributed by atoms with E-state index in [2.05, 4.69) is 4.99 Å². The zero-order valence-electron chi connectivity index (χ0n) is 12.6. The fraction of sp³-hybridized carbons (Fsp3) is 0.111. The zero-order valence-corrected chi connectivity index (χ0v) is 15.7. The van der Waals surface area contributed by atoms with Crippen LogP contribution in [-0.4, -0.2) is 18.2 Å². The number of carboxylic acids is 1. The van der Waals surface area contributed by atoms with E-state index in [1.807, 2.05) is 66.7 Å². The number of hydrogen-bond donors (Lipinski definition) is 0. The van der Waals surface area contributed by atoms with Crippen LogP contribution in [0, 0.1) is 0 Å². The van der Waals surface area contributed by atoms with E-state index in [4.69, 9.17) is 0 Å². The monoisotopic (exact) mass is 317 g/mol. The molecule has 2 aromatic rings. The van der Waals surface area contributed by atoms with Crippen molar-refractivity contribution >= 4 is 18.3 Å². The predicted molar refractivity (Wildman–Crippen MR) is 82.9 cm³/mol. The summed E-state index contributed by atoms with van der Waals surface area (Å²) in [5.74, 6) is -1.16. The Hall–Kier alpha value is -1.04. The molecule has 3 nitrogen and oxygen atoms in total. The maximum absolute atomic E-state index is 11.1. The molecule has 0 amide bonds. The van der Waals surface area contributed by atoms with Gasteiger partial charge in [0.05, 0.1) is 12.0 Å². The maximum Gasteiger partial charge on any atom is 1.00 e. The van der Waals surface area contributed by atoms with Gasteiger partial charge in [-0.25, -0.2) is 0 Å². The first kappa shape index (κ1) is 19.0. The molecule has 0 saturated heterocycles. The van der Waals surface area contributed by atoms with E-state index in [9.17, 15) is 9.90 Å². The number of aliphatic carboxylic acids is 1. The van der Waals surface area contributed by atoms with Crippen molar-refractivity contribution < 1.29 is 61.3 Å². The van der Waals surface area contributed by atoms with Crippen molar-refractivity contribution in [2.45, 2.75) is 12.5 Å². The van der Waals surface area contributed by atoms with Crippen LogP contribution in [0.15, 0.2) is 71.7 Å². The van der Waals surface area contributed by atoms with Gasteiger partial charge in [-0.15, -0.1) is 0 Å². The summed E-state index contributed by atoms with van der Waals surface area (Å²) in [6, 6.07) is 18.3. The predicted octanol–water partition coefficient (Wildman–Crippen LogP) is -0.864. The summed E-state index contributed by atoms with van der Waals surface area (Å²) >= 11 is 0. The molecular weight excluding hydrogens is 301 g/mol. The minimum atomic E-state index is -1.16. The van der Waals surface area contributed by atoms with Gasteiger partial charge in [-0.3, -0.25) is 4.99 Å². The second-order valence-corrected chi connectivity index (χ2v) is 4.59. The van der Waals surface area contributed by atoms with Crippen molar-refractivity contribution in [3.05, 3.63) is 77.9 Å². The van der Waals surface area contributed by atoms with Gasteiger partial charge in [0.15, 0.2) is 0 Å². The van der Waals surface area contributed by atoms with Gasteiger partial charge in [-0.05, 0) is 17.2 Å². The Morgan fingerprint density at radius 1 is 1.05 bits per heavy atom. The summed E-state index contributed by atoms with van der Waals surface area (Å²) in [4.78, 5) is 15.2. The van der Waals surface area contributed by atoms with Crippen LogP contribution in [0.2, 0.25) is 0 Å². The summed E-state index contributed by atoms with van der Waals surface area (Å²) < 4.78 is 0. The van der Waals surface area contributed by atoms with Crippen molar-refractivity contribution in [1.82, 2.24) is 0 Å². The van der Waals surface area contributed by atoms with E-state index in [0.717, 1.165) is 11.1 Å². The smallest absolute Gasteiger partial charge is 0.548 e. The number of hydrogen-bond acceptors (Lipinski definition) is 3. The van der Waals surface area contributed by atoms with E-state index in [1.165, 1.54) is 6.21 Å². The third-order valence-electron chi connectivity index (χ3n) is 2.98. The molecule has 4 heteroatoms. The summed E-state index contributed by atoms with van der Waals surface area (Å²) in [5.41, 5.74) is 1.97. The minimum Gasteiger partial charge on any atom is -0.548 e. The summed E-state index contributed by atoms with van der Waals surface area (Å²) in [6.07, 6.45) is 5.45. The quantitative estimate of drug-likeness (QED) is 0.514. The molecule has 2 rings (SSSR count). The fourth-order valence-electron chi connectivity index (χ4n) is 1.91. The molecule has 2 aromatic carbocycles. The molecule has 0 heterocycles. The molecule has 0 aliphatic rings. The number of aliphatic imine (C=N–C) groups is 1. The Morgan fingerprint density at radius 3 is 2.23 bits per heavy atom. The number of carboxylic acid groups (broad SMARTS) is 1. The van der Waals surface area contributed by atoms with Crippen LogP contribution in [0.5, 0.6) is 0 Å². The molecule has 0 aromatic heterocycles. The second kappa shape index (κ2) is 10.6. The Labute approximate surface area is 173 Å². The van der Waals surface area contributed by atoms with Gasteiger partial charge < -0.3 is 9.90 Å². The number of allylic oxidation sites excluding steroid dienone is 1. The molecule has 0 radical (unpaired) electrons. The number of nitrogens with zero attached hydrogens (tertiary/aromatic N) is 1. The van der Waals surface area contributed by atoms with Crippen LogP contribution in [-0.2, 0) is 11.2 Å². The van der Waals surface area contributed by atoms with Gasteiger partial charge in [0, 0.05) is 12.6 Å². The van der Waals surface area contributed by atoms with E-state index in [0.29, 0.717) is 6.42 Å². The van der Waals surface area contributed by atoms with Crippen molar-refractivity contribution in [3.63, 3.8) is 0 Å². The van der Waals surface area contributed by atoms with E-state index in [-0.39, 0.29) is 51.4 Å². The first-order chi connectivity index (χ1) is 10.3. The van der Waals surface area contributed by atoms with Crippen molar-refractivity contribution in [3.8, 4) is 0 Å². The van der Waals surface area contributed by atoms with Crippen molar-refractivity contribution in [2.24, 2.45) is 4.99 Å². The molecule has 22 heavy (non-hydrogen) atoms. The van der Waals surface area contributed by atoms with E-state index >= 15 is 0 Å². The number of rotatable bonds is 6. The van der Waals surface area contributed by atoms with Crippen LogP contribution in [0.25, 0.3) is 6.08 Å². The van der Waals surface area contributed by atoms with Gasteiger partial charge in [0.1, 0.15) is 0 Å².